The number of anilines is 1. The van der Waals surface area contributed by atoms with Gasteiger partial charge in [0.1, 0.15) is 17.0 Å². The summed E-state index contributed by atoms with van der Waals surface area (Å²) in [6, 6.07) is 4.33. The van der Waals surface area contributed by atoms with Crippen LogP contribution in [0.1, 0.15) is 45.9 Å². The molecule has 4 heterocycles. The average Bonchev–Trinajstić information content (AvgIpc) is 3.36. The molecular formula is C18H20N4OS2. The molecule has 1 amide bonds. The first-order chi connectivity index (χ1) is 12.1. The maximum Gasteiger partial charge on any atom is 0.264 e. The van der Waals surface area contributed by atoms with E-state index in [0.717, 1.165) is 52.4 Å². The van der Waals surface area contributed by atoms with Crippen LogP contribution in [-0.2, 0) is 0 Å². The highest BCUT2D eigenvalue weighted by atomic mass is 32.1. The first-order valence-electron chi connectivity index (χ1n) is 8.48. The zero-order chi connectivity index (χ0) is 17.4. The molecule has 1 saturated heterocycles. The third-order valence-corrected chi connectivity index (χ3v) is 6.88. The first-order valence-corrected chi connectivity index (χ1v) is 10.2. The number of rotatable bonds is 4. The van der Waals surface area contributed by atoms with Crippen molar-refractivity contribution in [3.05, 3.63) is 39.2 Å². The molecule has 3 aromatic heterocycles. The number of aryl methyl sites for hydroxylation is 1. The Balaban J connectivity index is 1.70. The van der Waals surface area contributed by atoms with Gasteiger partial charge >= 0.3 is 0 Å². The summed E-state index contributed by atoms with van der Waals surface area (Å²) in [7, 11) is 0. The number of aromatic nitrogens is 2. The topological polar surface area (TPSA) is 58.1 Å². The quantitative estimate of drug-likeness (QED) is 0.734. The summed E-state index contributed by atoms with van der Waals surface area (Å²) in [4.78, 5) is 26.6. The van der Waals surface area contributed by atoms with E-state index in [2.05, 4.69) is 39.7 Å². The maximum absolute atomic E-state index is 12.8. The Kier molecular flexibility index (Phi) is 4.43. The number of hydrogen-bond donors (Lipinski definition) is 1. The van der Waals surface area contributed by atoms with E-state index < -0.39 is 0 Å². The number of nitrogens with zero attached hydrogens (tertiary/aromatic N) is 3. The van der Waals surface area contributed by atoms with Crippen molar-refractivity contribution in [3.63, 3.8) is 0 Å². The molecule has 5 nitrogen and oxygen atoms in total. The molecule has 25 heavy (non-hydrogen) atoms. The molecule has 1 N–H and O–H groups in total. The van der Waals surface area contributed by atoms with E-state index in [1.54, 1.807) is 17.7 Å². The van der Waals surface area contributed by atoms with Crippen LogP contribution < -0.4 is 5.32 Å². The first kappa shape index (κ1) is 16.5. The number of thiophene rings is 2. The van der Waals surface area contributed by atoms with E-state index >= 15 is 0 Å². The molecule has 4 rings (SSSR count). The van der Waals surface area contributed by atoms with Crippen LogP contribution in [0.3, 0.4) is 0 Å². The minimum atomic E-state index is 0.134. The van der Waals surface area contributed by atoms with Gasteiger partial charge in [0.25, 0.3) is 5.91 Å². The zero-order valence-electron chi connectivity index (χ0n) is 14.3. The Morgan fingerprint density at radius 1 is 1.32 bits per heavy atom. The molecule has 3 aromatic rings. The molecule has 0 aliphatic carbocycles. The van der Waals surface area contributed by atoms with Crippen LogP contribution in [0.5, 0.6) is 0 Å². The fraction of sp³-hybridized carbons (Fsp3) is 0.389. The number of likely N-dealkylation sites (tertiary alicyclic amines) is 1. The van der Waals surface area contributed by atoms with Crippen LogP contribution in [0, 0.1) is 6.92 Å². The van der Waals surface area contributed by atoms with Gasteiger partial charge in [0, 0.05) is 18.0 Å². The van der Waals surface area contributed by atoms with Crippen LogP contribution >= 0.6 is 22.7 Å². The summed E-state index contributed by atoms with van der Waals surface area (Å²) in [5.41, 5.74) is 0.985. The van der Waals surface area contributed by atoms with Gasteiger partial charge in [-0.2, -0.15) is 0 Å². The highest BCUT2D eigenvalue weighted by Gasteiger charge is 2.25. The van der Waals surface area contributed by atoms with E-state index in [0.29, 0.717) is 0 Å². The molecular weight excluding hydrogens is 352 g/mol. The number of nitrogens with one attached hydrogen (secondary N) is 1. The SMILES string of the molecule is Cc1c(C(=O)N2CCCC2)sc2ncnc(N[C@H](C)c3cccs3)c12. The summed E-state index contributed by atoms with van der Waals surface area (Å²) >= 11 is 3.20. The smallest absolute Gasteiger partial charge is 0.264 e. The second-order valence-electron chi connectivity index (χ2n) is 6.34. The predicted molar refractivity (Wildman–Crippen MR) is 104 cm³/mol. The number of carbonyl (C=O) groups is 1. The Labute approximate surface area is 154 Å². The molecule has 0 unspecified atom stereocenters. The molecule has 1 aliphatic heterocycles. The van der Waals surface area contributed by atoms with Crippen molar-refractivity contribution in [2.75, 3.05) is 18.4 Å². The van der Waals surface area contributed by atoms with Gasteiger partial charge in [0.05, 0.1) is 16.3 Å². The van der Waals surface area contributed by atoms with E-state index in [9.17, 15) is 4.79 Å². The summed E-state index contributed by atoms with van der Waals surface area (Å²) in [5.74, 6) is 0.940. The van der Waals surface area contributed by atoms with Gasteiger partial charge in [-0.15, -0.1) is 22.7 Å². The van der Waals surface area contributed by atoms with Crippen molar-refractivity contribution in [3.8, 4) is 0 Å². The van der Waals surface area contributed by atoms with Crippen LogP contribution in [0.15, 0.2) is 23.8 Å². The van der Waals surface area contributed by atoms with Gasteiger partial charge in [-0.25, -0.2) is 9.97 Å². The Morgan fingerprint density at radius 2 is 2.12 bits per heavy atom. The van der Waals surface area contributed by atoms with Gasteiger partial charge in [-0.1, -0.05) is 6.07 Å². The molecule has 1 fully saturated rings. The van der Waals surface area contributed by atoms with Crippen LogP contribution in [0.2, 0.25) is 0 Å². The van der Waals surface area contributed by atoms with Crippen molar-refractivity contribution in [2.45, 2.75) is 32.7 Å². The molecule has 130 valence electrons. The lowest BCUT2D eigenvalue weighted by Gasteiger charge is -2.15. The zero-order valence-corrected chi connectivity index (χ0v) is 15.9. The van der Waals surface area contributed by atoms with Crippen LogP contribution in [0.4, 0.5) is 5.82 Å². The van der Waals surface area contributed by atoms with Gasteiger partial charge in [0.2, 0.25) is 0 Å². The minimum Gasteiger partial charge on any atom is -0.362 e. The van der Waals surface area contributed by atoms with Gasteiger partial charge in [-0.3, -0.25) is 4.79 Å². The van der Waals surface area contributed by atoms with Crippen molar-refractivity contribution in [1.82, 2.24) is 14.9 Å². The number of carbonyl (C=O) groups excluding carboxylic acids is 1. The number of hydrogen-bond acceptors (Lipinski definition) is 6. The summed E-state index contributed by atoms with van der Waals surface area (Å²) in [6.07, 6.45) is 3.77. The van der Waals surface area contributed by atoms with Crippen LogP contribution in [-0.4, -0.2) is 33.9 Å². The third kappa shape index (κ3) is 3.02. The molecule has 0 spiro atoms. The summed E-state index contributed by atoms with van der Waals surface area (Å²) in [6.45, 7) is 5.85. The van der Waals surface area contributed by atoms with Gasteiger partial charge in [-0.05, 0) is 43.7 Å². The fourth-order valence-corrected chi connectivity index (χ4v) is 5.11. The summed E-state index contributed by atoms with van der Waals surface area (Å²) < 4.78 is 0. The highest BCUT2D eigenvalue weighted by Crippen LogP contribution is 2.36. The highest BCUT2D eigenvalue weighted by molar-refractivity contribution is 7.20. The summed E-state index contributed by atoms with van der Waals surface area (Å²) in [5, 5.41) is 6.54. The van der Waals surface area contributed by atoms with E-state index in [1.165, 1.54) is 16.2 Å². The van der Waals surface area contributed by atoms with Crippen molar-refractivity contribution >= 4 is 44.6 Å². The van der Waals surface area contributed by atoms with Crippen molar-refractivity contribution in [1.29, 1.82) is 0 Å². The maximum atomic E-state index is 12.8. The Bertz CT molecular complexity index is 897. The Hall–Kier alpha value is -1.99. The standard InChI is InChI=1S/C18H20N4OS2/c1-11-14-16(21-12(2)13-6-5-9-24-13)19-10-20-17(14)25-15(11)18(23)22-7-3-4-8-22/h5-6,9-10,12H,3-4,7-8H2,1-2H3,(H,19,20,21)/t12-/m1/s1. The average molecular weight is 373 g/mol. The van der Waals surface area contributed by atoms with Gasteiger partial charge < -0.3 is 10.2 Å². The number of amides is 1. The molecule has 0 saturated carbocycles. The van der Waals surface area contributed by atoms with E-state index in [-0.39, 0.29) is 11.9 Å². The predicted octanol–water partition coefficient (Wildman–Crippen LogP) is 4.47. The van der Waals surface area contributed by atoms with Crippen molar-refractivity contribution in [2.24, 2.45) is 0 Å². The van der Waals surface area contributed by atoms with E-state index in [4.69, 9.17) is 0 Å². The Morgan fingerprint density at radius 3 is 2.84 bits per heavy atom. The third-order valence-electron chi connectivity index (χ3n) is 4.64. The lowest BCUT2D eigenvalue weighted by molar-refractivity contribution is 0.0797. The normalized spacial score (nSPS) is 15.7. The van der Waals surface area contributed by atoms with Crippen molar-refractivity contribution < 1.29 is 4.79 Å². The molecule has 7 heteroatoms. The lowest BCUT2D eigenvalue weighted by Crippen LogP contribution is -2.27. The minimum absolute atomic E-state index is 0.134. The molecule has 0 bridgehead atoms. The molecule has 1 atom stereocenters. The lowest BCUT2D eigenvalue weighted by atomic mass is 10.1. The van der Waals surface area contributed by atoms with Gasteiger partial charge in [0.15, 0.2) is 0 Å². The van der Waals surface area contributed by atoms with E-state index in [1.807, 2.05) is 11.8 Å². The molecule has 0 aromatic carbocycles. The fourth-order valence-electron chi connectivity index (χ4n) is 3.26. The second-order valence-corrected chi connectivity index (χ2v) is 8.32. The largest absolute Gasteiger partial charge is 0.362 e. The van der Waals surface area contributed by atoms with Crippen LogP contribution in [0.25, 0.3) is 10.2 Å². The number of fused-ring (bicyclic) bond motifs is 1. The molecule has 0 radical (unpaired) electrons. The monoisotopic (exact) mass is 372 g/mol. The second kappa shape index (κ2) is 6.72. The molecule has 1 aliphatic rings.